The van der Waals surface area contributed by atoms with E-state index in [0.717, 1.165) is 36.9 Å². The van der Waals surface area contributed by atoms with Crippen LogP contribution in [0.15, 0.2) is 59.2 Å². The van der Waals surface area contributed by atoms with Gasteiger partial charge in [0, 0.05) is 55.6 Å². The second-order valence-corrected chi connectivity index (χ2v) is 7.36. The zero-order chi connectivity index (χ0) is 20.1. The van der Waals surface area contributed by atoms with Crippen molar-refractivity contribution in [3.8, 4) is 11.6 Å². The molecule has 0 aliphatic carbocycles. The number of rotatable bonds is 5. The highest BCUT2D eigenvalue weighted by molar-refractivity contribution is 7.13. The van der Waals surface area contributed by atoms with E-state index in [4.69, 9.17) is 10.5 Å². The molecular weight excluding hydrogens is 391 g/mol. The molecule has 0 bridgehead atoms. The lowest BCUT2D eigenvalue weighted by Crippen LogP contribution is -2.51. The van der Waals surface area contributed by atoms with Crippen molar-refractivity contribution in [1.82, 2.24) is 14.9 Å². The summed E-state index contributed by atoms with van der Waals surface area (Å²) in [5.41, 5.74) is 7.00. The molecule has 2 N–H and O–H groups in total. The van der Waals surface area contributed by atoms with Crippen LogP contribution in [0.5, 0.6) is 11.6 Å². The molecule has 150 valence electrons. The number of anilines is 1. The minimum absolute atomic E-state index is 0.330. The first kappa shape index (κ1) is 19.1. The number of halogens is 1. The molecule has 1 aromatic carbocycles. The number of benzene rings is 1. The normalized spacial score (nSPS) is 14.9. The zero-order valence-electron chi connectivity index (χ0n) is 15.7. The molecule has 1 fully saturated rings. The molecule has 3 heterocycles. The highest BCUT2D eigenvalue weighted by Crippen LogP contribution is 2.24. The van der Waals surface area contributed by atoms with E-state index in [1.807, 2.05) is 23.7 Å². The van der Waals surface area contributed by atoms with Crippen molar-refractivity contribution < 1.29 is 9.13 Å². The third-order valence-corrected chi connectivity index (χ3v) is 5.40. The van der Waals surface area contributed by atoms with E-state index in [1.54, 1.807) is 29.7 Å². The van der Waals surface area contributed by atoms with Gasteiger partial charge in [-0.1, -0.05) is 12.1 Å². The molecule has 0 atom stereocenters. The maximum Gasteiger partial charge on any atom is 0.224 e. The SMILES string of the molecule is NC(=NCc1cccnc1Oc1cccc(F)c1)N1CCN(c2nccs2)CC1. The van der Waals surface area contributed by atoms with Crippen LogP contribution in [-0.4, -0.2) is 47.0 Å². The molecule has 9 heteroatoms. The highest BCUT2D eigenvalue weighted by atomic mass is 32.1. The van der Waals surface area contributed by atoms with Crippen molar-refractivity contribution in [3.05, 3.63) is 65.6 Å². The van der Waals surface area contributed by atoms with Crippen molar-refractivity contribution in [2.45, 2.75) is 6.54 Å². The number of hydrogen-bond acceptors (Lipinski definition) is 6. The lowest BCUT2D eigenvalue weighted by Gasteiger charge is -2.35. The number of piperazine rings is 1. The molecule has 29 heavy (non-hydrogen) atoms. The lowest BCUT2D eigenvalue weighted by molar-refractivity contribution is 0.380. The van der Waals surface area contributed by atoms with Crippen LogP contribution in [0.25, 0.3) is 0 Å². The molecule has 7 nitrogen and oxygen atoms in total. The molecule has 2 aromatic heterocycles. The monoisotopic (exact) mass is 412 g/mol. The van der Waals surface area contributed by atoms with Crippen LogP contribution in [0.2, 0.25) is 0 Å². The van der Waals surface area contributed by atoms with Crippen LogP contribution in [0, 0.1) is 5.82 Å². The van der Waals surface area contributed by atoms with E-state index >= 15 is 0 Å². The second-order valence-electron chi connectivity index (χ2n) is 6.49. The van der Waals surface area contributed by atoms with Crippen LogP contribution in [-0.2, 0) is 6.54 Å². The summed E-state index contributed by atoms with van der Waals surface area (Å²) >= 11 is 1.64. The van der Waals surface area contributed by atoms with Gasteiger partial charge in [0.05, 0.1) is 6.54 Å². The Kier molecular flexibility index (Phi) is 5.85. The number of nitrogens with zero attached hydrogens (tertiary/aromatic N) is 5. The second kappa shape index (κ2) is 8.87. The predicted octanol–water partition coefficient (Wildman–Crippen LogP) is 3.11. The molecule has 1 saturated heterocycles. The fraction of sp³-hybridized carbons (Fsp3) is 0.250. The largest absolute Gasteiger partial charge is 0.439 e. The van der Waals surface area contributed by atoms with Crippen LogP contribution in [0.3, 0.4) is 0 Å². The minimum atomic E-state index is -0.362. The predicted molar refractivity (Wildman–Crippen MR) is 112 cm³/mol. The van der Waals surface area contributed by atoms with Crippen LogP contribution in [0.1, 0.15) is 5.56 Å². The van der Waals surface area contributed by atoms with Gasteiger partial charge in [0.2, 0.25) is 5.88 Å². The molecule has 4 rings (SSSR count). The summed E-state index contributed by atoms with van der Waals surface area (Å²) in [6.45, 7) is 3.61. The van der Waals surface area contributed by atoms with Gasteiger partial charge in [0.15, 0.2) is 11.1 Å². The van der Waals surface area contributed by atoms with Crippen molar-refractivity contribution in [2.24, 2.45) is 10.7 Å². The first-order valence-electron chi connectivity index (χ1n) is 9.25. The maximum atomic E-state index is 13.4. The summed E-state index contributed by atoms with van der Waals surface area (Å²) in [6.07, 6.45) is 3.45. The van der Waals surface area contributed by atoms with E-state index in [9.17, 15) is 4.39 Å². The summed E-state index contributed by atoms with van der Waals surface area (Å²) < 4.78 is 19.1. The van der Waals surface area contributed by atoms with Gasteiger partial charge in [-0.3, -0.25) is 0 Å². The Morgan fingerprint density at radius 3 is 2.76 bits per heavy atom. The molecule has 1 aliphatic rings. The van der Waals surface area contributed by atoms with E-state index in [2.05, 4.69) is 24.8 Å². The highest BCUT2D eigenvalue weighted by Gasteiger charge is 2.20. The Bertz CT molecular complexity index is 973. The Hall–Kier alpha value is -3.20. The summed E-state index contributed by atoms with van der Waals surface area (Å²) in [5.74, 6) is 0.909. The number of hydrogen-bond donors (Lipinski definition) is 1. The number of ether oxygens (including phenoxy) is 1. The molecule has 3 aromatic rings. The quantitative estimate of drug-likeness (QED) is 0.512. The number of pyridine rings is 1. The van der Waals surface area contributed by atoms with E-state index in [-0.39, 0.29) is 5.82 Å². The van der Waals surface area contributed by atoms with Gasteiger partial charge in [-0.25, -0.2) is 19.4 Å². The average Bonchev–Trinajstić information content (AvgIpc) is 3.28. The molecule has 0 spiro atoms. The molecule has 0 unspecified atom stereocenters. The first-order chi connectivity index (χ1) is 14.2. The molecule has 0 saturated carbocycles. The van der Waals surface area contributed by atoms with Gasteiger partial charge < -0.3 is 20.3 Å². The Balaban J connectivity index is 1.39. The van der Waals surface area contributed by atoms with Gasteiger partial charge in [0.1, 0.15) is 11.6 Å². The molecule has 1 aliphatic heterocycles. The fourth-order valence-electron chi connectivity index (χ4n) is 3.04. The summed E-state index contributed by atoms with van der Waals surface area (Å²) in [6, 6.07) is 9.64. The fourth-order valence-corrected chi connectivity index (χ4v) is 3.74. The minimum Gasteiger partial charge on any atom is -0.439 e. The number of aromatic nitrogens is 2. The van der Waals surface area contributed by atoms with E-state index < -0.39 is 0 Å². The Labute approximate surface area is 172 Å². The molecule has 0 radical (unpaired) electrons. The van der Waals surface area contributed by atoms with E-state index in [1.165, 1.54) is 12.1 Å². The number of aliphatic imine (C=N–C) groups is 1. The van der Waals surface area contributed by atoms with Crippen molar-refractivity contribution >= 4 is 22.4 Å². The Morgan fingerprint density at radius 1 is 1.14 bits per heavy atom. The van der Waals surface area contributed by atoms with Crippen LogP contribution in [0.4, 0.5) is 9.52 Å². The van der Waals surface area contributed by atoms with Gasteiger partial charge in [0.25, 0.3) is 0 Å². The zero-order valence-corrected chi connectivity index (χ0v) is 16.6. The average molecular weight is 412 g/mol. The lowest BCUT2D eigenvalue weighted by atomic mass is 10.2. The molecular formula is C20H21FN6OS. The first-order valence-corrected chi connectivity index (χ1v) is 10.1. The smallest absolute Gasteiger partial charge is 0.224 e. The van der Waals surface area contributed by atoms with Crippen molar-refractivity contribution in [2.75, 3.05) is 31.1 Å². The number of nitrogens with two attached hydrogens (primary N) is 1. The third-order valence-electron chi connectivity index (χ3n) is 4.57. The van der Waals surface area contributed by atoms with Crippen molar-refractivity contribution in [1.29, 1.82) is 0 Å². The number of guanidine groups is 1. The van der Waals surface area contributed by atoms with E-state index in [0.29, 0.717) is 24.1 Å². The Morgan fingerprint density at radius 2 is 2.00 bits per heavy atom. The summed E-state index contributed by atoms with van der Waals surface area (Å²) in [5, 5.41) is 3.02. The summed E-state index contributed by atoms with van der Waals surface area (Å²) in [4.78, 5) is 17.4. The van der Waals surface area contributed by atoms with Gasteiger partial charge in [-0.05, 0) is 18.2 Å². The van der Waals surface area contributed by atoms with Crippen molar-refractivity contribution in [3.63, 3.8) is 0 Å². The van der Waals surface area contributed by atoms with Crippen LogP contribution < -0.4 is 15.4 Å². The van der Waals surface area contributed by atoms with Gasteiger partial charge in [-0.15, -0.1) is 11.3 Å². The number of thiazole rings is 1. The summed E-state index contributed by atoms with van der Waals surface area (Å²) in [7, 11) is 0. The van der Waals surface area contributed by atoms with Gasteiger partial charge in [-0.2, -0.15) is 0 Å². The topological polar surface area (TPSA) is 79.9 Å². The standard InChI is InChI=1S/C20H21FN6OS/c21-16-4-1-5-17(13-16)28-18-15(3-2-6-23-18)14-25-19(22)26-8-10-27(11-9-26)20-24-7-12-29-20/h1-7,12-13H,8-11,14H2,(H2,22,25). The third kappa shape index (κ3) is 4.80. The molecule has 0 amide bonds. The van der Waals surface area contributed by atoms with Crippen LogP contribution >= 0.6 is 11.3 Å². The maximum absolute atomic E-state index is 13.4. The van der Waals surface area contributed by atoms with Gasteiger partial charge >= 0.3 is 0 Å².